The Kier molecular flexibility index (Phi) is 4.13. The van der Waals surface area contributed by atoms with Crippen molar-refractivity contribution in [1.82, 2.24) is 4.72 Å². The minimum absolute atomic E-state index is 0.0695. The molecule has 19 heavy (non-hydrogen) atoms. The molecule has 1 aliphatic carbocycles. The number of hydrogen-bond donors (Lipinski definition) is 2. The second kappa shape index (κ2) is 5.48. The van der Waals surface area contributed by atoms with Gasteiger partial charge in [0.15, 0.2) is 0 Å². The Morgan fingerprint density at radius 2 is 1.95 bits per heavy atom. The molecule has 2 rings (SSSR count). The molecule has 1 fully saturated rings. The zero-order valence-electron chi connectivity index (χ0n) is 10.9. The van der Waals surface area contributed by atoms with Crippen LogP contribution in [0.1, 0.15) is 26.2 Å². The van der Waals surface area contributed by atoms with Gasteiger partial charge < -0.3 is 9.84 Å². The fourth-order valence-electron chi connectivity index (χ4n) is 2.07. The fourth-order valence-corrected chi connectivity index (χ4v) is 3.54. The molecule has 0 saturated heterocycles. The van der Waals surface area contributed by atoms with Crippen molar-refractivity contribution in [2.45, 2.75) is 36.6 Å². The van der Waals surface area contributed by atoms with Crippen LogP contribution in [0.4, 0.5) is 0 Å². The molecule has 1 aromatic rings. The second-order valence-electron chi connectivity index (χ2n) is 5.06. The Labute approximate surface area is 113 Å². The molecule has 0 aromatic heterocycles. The lowest BCUT2D eigenvalue weighted by atomic mass is 9.80. The Morgan fingerprint density at radius 1 is 1.32 bits per heavy atom. The smallest absolute Gasteiger partial charge is 0.241 e. The molecule has 0 radical (unpaired) electrons. The van der Waals surface area contributed by atoms with Gasteiger partial charge in [-0.3, -0.25) is 0 Å². The largest absolute Gasteiger partial charge is 0.491 e. The van der Waals surface area contributed by atoms with E-state index in [2.05, 4.69) is 4.72 Å². The quantitative estimate of drug-likeness (QED) is 0.825. The van der Waals surface area contributed by atoms with Crippen LogP contribution in [0.25, 0.3) is 0 Å². The highest BCUT2D eigenvalue weighted by Crippen LogP contribution is 2.32. The van der Waals surface area contributed by atoms with Gasteiger partial charge in [-0.05, 0) is 50.5 Å². The van der Waals surface area contributed by atoms with E-state index in [0.29, 0.717) is 5.75 Å². The summed E-state index contributed by atoms with van der Waals surface area (Å²) in [7, 11) is -3.47. The highest BCUT2D eigenvalue weighted by Gasteiger charge is 2.36. The van der Waals surface area contributed by atoms with Crippen molar-refractivity contribution in [3.05, 3.63) is 24.3 Å². The molecule has 0 amide bonds. The minimum Gasteiger partial charge on any atom is -0.491 e. The summed E-state index contributed by atoms with van der Waals surface area (Å²) in [6.07, 6.45) is 2.82. The number of aliphatic hydroxyl groups excluding tert-OH is 1. The molecule has 0 bridgehead atoms. The fraction of sp³-hybridized carbons (Fsp3) is 0.538. The van der Waals surface area contributed by atoms with Gasteiger partial charge in [0.2, 0.25) is 10.0 Å². The van der Waals surface area contributed by atoms with E-state index in [1.54, 1.807) is 12.1 Å². The first kappa shape index (κ1) is 14.3. The Balaban J connectivity index is 2.08. The van der Waals surface area contributed by atoms with E-state index in [9.17, 15) is 8.42 Å². The van der Waals surface area contributed by atoms with Crippen LogP contribution < -0.4 is 9.46 Å². The van der Waals surface area contributed by atoms with Crippen LogP contribution in [0.3, 0.4) is 0 Å². The van der Waals surface area contributed by atoms with E-state index < -0.39 is 10.0 Å². The summed E-state index contributed by atoms with van der Waals surface area (Å²) in [5.74, 6) is 0.544. The van der Waals surface area contributed by atoms with Crippen LogP contribution in [-0.2, 0) is 10.0 Å². The summed E-state index contributed by atoms with van der Waals surface area (Å²) in [5, 5.41) is 8.64. The molecule has 2 N–H and O–H groups in total. The summed E-state index contributed by atoms with van der Waals surface area (Å²) in [5.41, 5.74) is -0.301. The van der Waals surface area contributed by atoms with Crippen LogP contribution in [0.2, 0.25) is 0 Å². The first-order chi connectivity index (χ1) is 8.95. The molecule has 1 aromatic carbocycles. The van der Waals surface area contributed by atoms with Gasteiger partial charge in [0, 0.05) is 5.54 Å². The number of sulfonamides is 1. The van der Waals surface area contributed by atoms with E-state index in [-0.39, 0.29) is 23.6 Å². The van der Waals surface area contributed by atoms with Crippen molar-refractivity contribution < 1.29 is 18.3 Å². The standard InChI is InChI=1S/C13H19NO4S/c1-13(7-2-8-13)14-19(16,17)12-5-3-11(4-6-12)18-10-9-15/h3-6,14-15H,2,7-10H2,1H3. The number of rotatable bonds is 6. The van der Waals surface area contributed by atoms with Crippen molar-refractivity contribution in [2.75, 3.05) is 13.2 Å². The molecule has 0 spiro atoms. The number of benzene rings is 1. The molecule has 1 aliphatic rings. The summed E-state index contributed by atoms with van der Waals surface area (Å²) in [6.45, 7) is 2.05. The molecule has 5 nitrogen and oxygen atoms in total. The lowest BCUT2D eigenvalue weighted by molar-refractivity contribution is 0.201. The first-order valence-corrected chi connectivity index (χ1v) is 7.81. The second-order valence-corrected chi connectivity index (χ2v) is 6.75. The Morgan fingerprint density at radius 3 is 2.42 bits per heavy atom. The third-order valence-electron chi connectivity index (χ3n) is 3.33. The van der Waals surface area contributed by atoms with E-state index in [1.165, 1.54) is 12.1 Å². The summed E-state index contributed by atoms with van der Waals surface area (Å²) in [4.78, 5) is 0.233. The van der Waals surface area contributed by atoms with Crippen LogP contribution >= 0.6 is 0 Å². The third-order valence-corrected chi connectivity index (χ3v) is 4.99. The van der Waals surface area contributed by atoms with Crippen LogP contribution in [0, 0.1) is 0 Å². The van der Waals surface area contributed by atoms with Gasteiger partial charge in [0.1, 0.15) is 12.4 Å². The van der Waals surface area contributed by atoms with Gasteiger partial charge in [-0.1, -0.05) is 0 Å². The molecule has 106 valence electrons. The Hall–Kier alpha value is -1.11. The van der Waals surface area contributed by atoms with Crippen molar-refractivity contribution in [3.63, 3.8) is 0 Å². The molecule has 0 aliphatic heterocycles. The van der Waals surface area contributed by atoms with E-state index >= 15 is 0 Å². The van der Waals surface area contributed by atoms with Crippen LogP contribution in [0.15, 0.2) is 29.2 Å². The zero-order chi connectivity index (χ0) is 13.9. The monoisotopic (exact) mass is 285 g/mol. The third kappa shape index (κ3) is 3.46. The molecular weight excluding hydrogens is 266 g/mol. The molecule has 0 unspecified atom stereocenters. The average molecular weight is 285 g/mol. The number of ether oxygens (including phenoxy) is 1. The van der Waals surface area contributed by atoms with Gasteiger partial charge in [-0.25, -0.2) is 13.1 Å². The molecule has 6 heteroatoms. The predicted octanol–water partition coefficient (Wildman–Crippen LogP) is 1.28. The van der Waals surface area contributed by atoms with Crippen LogP contribution in [0.5, 0.6) is 5.75 Å². The highest BCUT2D eigenvalue weighted by molar-refractivity contribution is 7.89. The maximum absolute atomic E-state index is 12.2. The van der Waals surface area contributed by atoms with Gasteiger partial charge in [-0.2, -0.15) is 0 Å². The normalized spacial score (nSPS) is 17.8. The highest BCUT2D eigenvalue weighted by atomic mass is 32.2. The average Bonchev–Trinajstić information content (AvgIpc) is 2.34. The van der Waals surface area contributed by atoms with Gasteiger partial charge >= 0.3 is 0 Å². The van der Waals surface area contributed by atoms with Crippen molar-refractivity contribution in [2.24, 2.45) is 0 Å². The van der Waals surface area contributed by atoms with E-state index in [4.69, 9.17) is 9.84 Å². The van der Waals surface area contributed by atoms with Crippen molar-refractivity contribution in [3.8, 4) is 5.75 Å². The van der Waals surface area contributed by atoms with Gasteiger partial charge in [0.25, 0.3) is 0 Å². The number of hydrogen-bond acceptors (Lipinski definition) is 4. The Bertz CT molecular complexity index is 520. The van der Waals surface area contributed by atoms with E-state index in [0.717, 1.165) is 19.3 Å². The molecule has 0 atom stereocenters. The SMILES string of the molecule is CC1(NS(=O)(=O)c2ccc(OCCO)cc2)CCC1. The summed E-state index contributed by atoms with van der Waals surface area (Å²) in [6, 6.07) is 6.20. The summed E-state index contributed by atoms with van der Waals surface area (Å²) >= 11 is 0. The van der Waals surface area contributed by atoms with Gasteiger partial charge in [-0.15, -0.1) is 0 Å². The minimum atomic E-state index is -3.47. The topological polar surface area (TPSA) is 75.6 Å². The maximum atomic E-state index is 12.2. The molecular formula is C13H19NO4S. The first-order valence-electron chi connectivity index (χ1n) is 6.33. The molecule has 1 saturated carbocycles. The van der Waals surface area contributed by atoms with Crippen LogP contribution in [-0.4, -0.2) is 32.3 Å². The molecule has 0 heterocycles. The number of nitrogens with one attached hydrogen (secondary N) is 1. The maximum Gasteiger partial charge on any atom is 0.241 e. The zero-order valence-corrected chi connectivity index (χ0v) is 11.7. The van der Waals surface area contributed by atoms with Crippen molar-refractivity contribution in [1.29, 1.82) is 0 Å². The number of aliphatic hydroxyl groups is 1. The van der Waals surface area contributed by atoms with Crippen molar-refractivity contribution >= 4 is 10.0 Å². The lowest BCUT2D eigenvalue weighted by Gasteiger charge is -2.38. The van der Waals surface area contributed by atoms with E-state index in [1.807, 2.05) is 6.92 Å². The summed E-state index contributed by atoms with van der Waals surface area (Å²) < 4.78 is 32.3. The van der Waals surface area contributed by atoms with Gasteiger partial charge in [0.05, 0.1) is 11.5 Å². The lowest BCUT2D eigenvalue weighted by Crippen LogP contribution is -2.50. The predicted molar refractivity (Wildman–Crippen MR) is 71.6 cm³/mol.